The highest BCUT2D eigenvalue weighted by atomic mass is 32.1. The first-order valence-electron chi connectivity index (χ1n) is 8.16. The van der Waals surface area contributed by atoms with Crippen molar-refractivity contribution in [2.75, 3.05) is 11.9 Å². The second-order valence-electron chi connectivity index (χ2n) is 5.42. The highest BCUT2D eigenvalue weighted by Gasteiger charge is 2.19. The molecule has 0 spiro atoms. The van der Waals surface area contributed by atoms with Gasteiger partial charge in [0.15, 0.2) is 0 Å². The van der Waals surface area contributed by atoms with Crippen molar-refractivity contribution in [3.63, 3.8) is 0 Å². The van der Waals surface area contributed by atoms with Crippen molar-refractivity contribution in [3.05, 3.63) is 71.3 Å². The third-order valence-corrected chi connectivity index (χ3v) is 4.69. The number of carbonyl (C=O) groups excluding carboxylic acids is 2. The topological polar surface area (TPSA) is 68.5 Å². The van der Waals surface area contributed by atoms with Gasteiger partial charge in [0.25, 0.3) is 0 Å². The Balaban J connectivity index is 1.86. The third-order valence-electron chi connectivity index (χ3n) is 3.52. The second kappa shape index (κ2) is 8.46. The minimum absolute atomic E-state index is 0.217. The largest absolute Gasteiger partial charge is 0.465 e. The van der Waals surface area contributed by atoms with Gasteiger partial charge in [-0.05, 0) is 48.9 Å². The molecule has 5 nitrogen and oxygen atoms in total. The van der Waals surface area contributed by atoms with Crippen LogP contribution in [0.5, 0.6) is 0 Å². The lowest BCUT2D eigenvalue weighted by Gasteiger charge is -2.03. The van der Waals surface area contributed by atoms with E-state index >= 15 is 0 Å². The van der Waals surface area contributed by atoms with Gasteiger partial charge in [0.05, 0.1) is 18.6 Å². The fraction of sp³-hybridized carbons (Fsp3) is 0.100. The van der Waals surface area contributed by atoms with Crippen LogP contribution in [0, 0.1) is 5.82 Å². The van der Waals surface area contributed by atoms with E-state index in [1.54, 1.807) is 37.3 Å². The highest BCUT2D eigenvalue weighted by Crippen LogP contribution is 2.35. The molecule has 0 aliphatic carbocycles. The Morgan fingerprint density at radius 2 is 2.04 bits per heavy atom. The average molecular weight is 385 g/mol. The number of carbonyl (C=O) groups is 2. The molecule has 0 radical (unpaired) electrons. The summed E-state index contributed by atoms with van der Waals surface area (Å²) in [7, 11) is 0. The Morgan fingerprint density at radius 3 is 2.70 bits per heavy atom. The van der Waals surface area contributed by atoms with Crippen molar-refractivity contribution in [2.45, 2.75) is 6.92 Å². The summed E-state index contributed by atoms with van der Waals surface area (Å²) in [5.41, 5.74) is 1.07. The van der Waals surface area contributed by atoms with E-state index in [2.05, 4.69) is 5.32 Å². The van der Waals surface area contributed by atoms with Crippen LogP contribution in [0.3, 0.4) is 0 Å². The number of halogens is 1. The zero-order valence-electron chi connectivity index (χ0n) is 14.4. The molecule has 0 bridgehead atoms. The van der Waals surface area contributed by atoms with Crippen molar-refractivity contribution >= 4 is 35.0 Å². The van der Waals surface area contributed by atoms with Gasteiger partial charge in [0.1, 0.15) is 16.5 Å². The van der Waals surface area contributed by atoms with Crippen molar-refractivity contribution in [3.8, 4) is 10.4 Å². The number of rotatable bonds is 6. The molecule has 0 fully saturated rings. The molecular formula is C20H16FNO4S. The van der Waals surface area contributed by atoms with E-state index < -0.39 is 11.9 Å². The van der Waals surface area contributed by atoms with Crippen LogP contribution in [0.2, 0.25) is 0 Å². The van der Waals surface area contributed by atoms with Crippen LogP contribution in [0.1, 0.15) is 22.4 Å². The molecule has 0 unspecified atom stereocenters. The summed E-state index contributed by atoms with van der Waals surface area (Å²) in [4.78, 5) is 25.4. The first kappa shape index (κ1) is 18.6. The molecular weight excluding hydrogens is 369 g/mol. The Morgan fingerprint density at radius 1 is 1.26 bits per heavy atom. The van der Waals surface area contributed by atoms with Gasteiger partial charge in [-0.2, -0.15) is 0 Å². The van der Waals surface area contributed by atoms with Crippen LogP contribution < -0.4 is 5.32 Å². The number of furan rings is 1. The highest BCUT2D eigenvalue weighted by molar-refractivity contribution is 7.18. The van der Waals surface area contributed by atoms with E-state index in [-0.39, 0.29) is 17.3 Å². The Hall–Kier alpha value is -3.19. The first-order valence-corrected chi connectivity index (χ1v) is 8.98. The maximum Gasteiger partial charge on any atom is 0.350 e. The van der Waals surface area contributed by atoms with Crippen molar-refractivity contribution in [1.29, 1.82) is 0 Å². The Kier molecular flexibility index (Phi) is 5.83. The van der Waals surface area contributed by atoms with Gasteiger partial charge in [-0.15, -0.1) is 11.3 Å². The van der Waals surface area contributed by atoms with Gasteiger partial charge < -0.3 is 14.5 Å². The molecule has 2 aromatic heterocycles. The molecule has 3 aromatic rings. The summed E-state index contributed by atoms with van der Waals surface area (Å²) in [6.45, 7) is 1.92. The number of anilines is 1. The summed E-state index contributed by atoms with van der Waals surface area (Å²) in [6.07, 6.45) is 4.33. The van der Waals surface area contributed by atoms with Crippen LogP contribution in [0.15, 0.2) is 59.2 Å². The van der Waals surface area contributed by atoms with Gasteiger partial charge in [0, 0.05) is 11.0 Å². The monoisotopic (exact) mass is 385 g/mol. The van der Waals surface area contributed by atoms with Crippen LogP contribution >= 0.6 is 11.3 Å². The molecule has 3 rings (SSSR count). The molecule has 1 amide bonds. The number of amides is 1. The lowest BCUT2D eigenvalue weighted by Crippen LogP contribution is -2.11. The SMILES string of the molecule is CCOC(=O)c1sc(-c2ccc(F)cc2)cc1NC(=O)/C=C/c1ccco1. The van der Waals surface area contributed by atoms with Crippen LogP contribution in [0.25, 0.3) is 16.5 Å². The molecule has 2 heterocycles. The van der Waals surface area contributed by atoms with Crippen molar-refractivity contribution in [2.24, 2.45) is 0 Å². The van der Waals surface area contributed by atoms with Gasteiger partial charge in [0.2, 0.25) is 5.91 Å². The predicted octanol–water partition coefficient (Wildman–Crippen LogP) is 4.98. The van der Waals surface area contributed by atoms with E-state index in [1.807, 2.05) is 0 Å². The number of hydrogen-bond acceptors (Lipinski definition) is 5. The summed E-state index contributed by atoms with van der Waals surface area (Å²) >= 11 is 1.17. The fourth-order valence-electron chi connectivity index (χ4n) is 2.31. The predicted molar refractivity (Wildman–Crippen MR) is 102 cm³/mol. The lowest BCUT2D eigenvalue weighted by molar-refractivity contribution is -0.111. The molecule has 138 valence electrons. The first-order chi connectivity index (χ1) is 13.1. The molecule has 0 aliphatic heterocycles. The second-order valence-corrected chi connectivity index (χ2v) is 6.47. The zero-order chi connectivity index (χ0) is 19.2. The summed E-state index contributed by atoms with van der Waals surface area (Å²) in [5.74, 6) is -0.757. The van der Waals surface area contributed by atoms with Gasteiger partial charge in [-0.25, -0.2) is 9.18 Å². The molecule has 27 heavy (non-hydrogen) atoms. The summed E-state index contributed by atoms with van der Waals surface area (Å²) in [5, 5.41) is 2.68. The van der Waals surface area contributed by atoms with Crippen LogP contribution in [0.4, 0.5) is 10.1 Å². The van der Waals surface area contributed by atoms with Crippen molar-refractivity contribution in [1.82, 2.24) is 0 Å². The van der Waals surface area contributed by atoms with E-state index in [9.17, 15) is 14.0 Å². The minimum atomic E-state index is -0.527. The molecule has 0 aliphatic rings. The maximum absolute atomic E-state index is 13.1. The number of benzene rings is 1. The summed E-state index contributed by atoms with van der Waals surface area (Å²) < 4.78 is 23.3. The van der Waals surface area contributed by atoms with Gasteiger partial charge in [-0.3, -0.25) is 4.79 Å². The normalized spacial score (nSPS) is 10.9. The van der Waals surface area contributed by atoms with E-state index in [0.717, 1.165) is 5.56 Å². The average Bonchev–Trinajstić information content (AvgIpc) is 3.31. The molecule has 0 saturated carbocycles. The van der Waals surface area contributed by atoms with Gasteiger partial charge >= 0.3 is 5.97 Å². The van der Waals surface area contributed by atoms with Crippen LogP contribution in [-0.4, -0.2) is 18.5 Å². The molecule has 0 atom stereocenters. The number of nitrogens with one attached hydrogen (secondary N) is 1. The fourth-order valence-corrected chi connectivity index (χ4v) is 3.32. The smallest absolute Gasteiger partial charge is 0.350 e. The Bertz CT molecular complexity index is 959. The molecule has 7 heteroatoms. The maximum atomic E-state index is 13.1. The van der Waals surface area contributed by atoms with E-state index in [4.69, 9.17) is 9.15 Å². The van der Waals surface area contributed by atoms with Gasteiger partial charge in [-0.1, -0.05) is 12.1 Å². The summed E-state index contributed by atoms with van der Waals surface area (Å²) in [6, 6.07) is 11.0. The molecule has 1 N–H and O–H groups in total. The lowest BCUT2D eigenvalue weighted by atomic mass is 10.2. The number of ether oxygens (including phenoxy) is 1. The number of esters is 1. The quantitative estimate of drug-likeness (QED) is 0.480. The Labute approximate surface area is 159 Å². The van der Waals surface area contributed by atoms with E-state index in [0.29, 0.717) is 16.3 Å². The molecule has 1 aromatic carbocycles. The number of hydrogen-bond donors (Lipinski definition) is 1. The zero-order valence-corrected chi connectivity index (χ0v) is 15.2. The molecule has 0 saturated heterocycles. The number of thiophene rings is 1. The standard InChI is InChI=1S/C20H16FNO4S/c1-2-25-20(24)19-16(22-18(23)10-9-15-4-3-11-26-15)12-17(27-19)13-5-7-14(21)8-6-13/h3-12H,2H2,1H3,(H,22,23)/b10-9+. The third kappa shape index (κ3) is 4.71. The van der Waals surface area contributed by atoms with Crippen LogP contribution in [-0.2, 0) is 9.53 Å². The van der Waals surface area contributed by atoms with Crippen molar-refractivity contribution < 1.29 is 23.1 Å². The van der Waals surface area contributed by atoms with E-state index in [1.165, 1.54) is 41.9 Å². The minimum Gasteiger partial charge on any atom is -0.465 e.